The number of hydrogen-bond donors (Lipinski definition) is 0. The lowest BCUT2D eigenvalue weighted by atomic mass is 10.0. The third-order valence-electron chi connectivity index (χ3n) is 5.53. The minimum atomic E-state index is -4.56. The van der Waals surface area contributed by atoms with Crippen LogP contribution >= 0.6 is 23.2 Å². The average molecular weight is 595 g/mol. The second kappa shape index (κ2) is 11.3. The summed E-state index contributed by atoms with van der Waals surface area (Å²) in [5.74, 6) is 0.190. The van der Waals surface area contributed by atoms with Crippen molar-refractivity contribution in [2.75, 3.05) is 30.2 Å². The van der Waals surface area contributed by atoms with Crippen LogP contribution in [0.1, 0.15) is 5.56 Å². The Morgan fingerprint density at radius 3 is 2.33 bits per heavy atom. The highest BCUT2D eigenvalue weighted by Gasteiger charge is 2.32. The fourth-order valence-electron chi connectivity index (χ4n) is 3.80. The van der Waals surface area contributed by atoms with Gasteiger partial charge in [0.25, 0.3) is 0 Å². The normalized spacial score (nSPS) is 11.8. The number of nitrogens with zero attached hydrogens (tertiary/aromatic N) is 4. The van der Waals surface area contributed by atoms with Crippen molar-refractivity contribution in [2.45, 2.75) is 11.2 Å². The first kappa shape index (κ1) is 28.4. The van der Waals surface area contributed by atoms with Gasteiger partial charge in [-0.3, -0.25) is 4.98 Å². The second-order valence-electron chi connectivity index (χ2n) is 8.39. The molecule has 202 valence electrons. The van der Waals surface area contributed by atoms with E-state index in [-0.39, 0.29) is 45.2 Å². The number of anilines is 2. The molecule has 0 atom stereocenters. The van der Waals surface area contributed by atoms with Crippen LogP contribution in [0.5, 0.6) is 5.75 Å². The first-order chi connectivity index (χ1) is 18.4. The van der Waals surface area contributed by atoms with Crippen LogP contribution in [-0.2, 0) is 9.84 Å². The van der Waals surface area contributed by atoms with Gasteiger partial charge in [-0.05, 0) is 47.5 Å². The standard InChI is InChI=1S/C26H19Cl2F3N4O3S/c1-39(36,37)24-14-33-23-11-17(4-7-22(23)34-24)16-2-5-19(6-3-16)35(15-26(29,30)31)20-10-18(13-32)25(21(28)12-20)38-9-8-27/h2-7,10-12,14H,8-9,15H2,1H3. The minimum absolute atomic E-state index is 0.0192. The Balaban J connectivity index is 1.70. The van der Waals surface area contributed by atoms with E-state index in [4.69, 9.17) is 27.9 Å². The van der Waals surface area contributed by atoms with Crippen molar-refractivity contribution in [1.29, 1.82) is 5.26 Å². The topological polar surface area (TPSA) is 96.2 Å². The fraction of sp³-hybridized carbons (Fsp3) is 0.192. The molecule has 0 bridgehead atoms. The van der Waals surface area contributed by atoms with E-state index in [2.05, 4.69) is 9.97 Å². The van der Waals surface area contributed by atoms with Crippen molar-refractivity contribution in [3.8, 4) is 22.9 Å². The Kier molecular flexibility index (Phi) is 8.20. The van der Waals surface area contributed by atoms with Crippen LogP contribution in [0.4, 0.5) is 24.5 Å². The SMILES string of the molecule is CS(=O)(=O)c1cnc2cc(-c3ccc(N(CC(F)(F)F)c4cc(Cl)c(OCCCl)c(C#N)c4)cc3)ccc2n1. The summed E-state index contributed by atoms with van der Waals surface area (Å²) in [6.07, 6.45) is -2.35. The van der Waals surface area contributed by atoms with E-state index in [0.29, 0.717) is 22.2 Å². The highest BCUT2D eigenvalue weighted by Crippen LogP contribution is 2.38. The summed E-state index contributed by atoms with van der Waals surface area (Å²) in [4.78, 5) is 9.30. The Hall–Kier alpha value is -3.59. The van der Waals surface area contributed by atoms with Gasteiger partial charge in [0.2, 0.25) is 0 Å². The first-order valence-electron chi connectivity index (χ1n) is 11.2. The lowest BCUT2D eigenvalue weighted by Gasteiger charge is -2.27. The molecule has 0 saturated heterocycles. The summed E-state index contributed by atoms with van der Waals surface area (Å²) >= 11 is 11.9. The number of halogens is 5. The van der Waals surface area contributed by atoms with Gasteiger partial charge in [0.15, 0.2) is 20.6 Å². The number of hydrogen-bond acceptors (Lipinski definition) is 7. The molecule has 1 aromatic heterocycles. The molecular weight excluding hydrogens is 576 g/mol. The number of alkyl halides is 4. The molecule has 0 amide bonds. The van der Waals surface area contributed by atoms with Crippen molar-refractivity contribution < 1.29 is 26.3 Å². The van der Waals surface area contributed by atoms with Crippen molar-refractivity contribution in [3.63, 3.8) is 0 Å². The van der Waals surface area contributed by atoms with E-state index in [1.165, 1.54) is 30.5 Å². The summed E-state index contributed by atoms with van der Waals surface area (Å²) in [5.41, 5.74) is 2.47. The molecular formula is C26H19Cl2F3N4O3S. The number of sulfone groups is 1. The zero-order chi connectivity index (χ0) is 28.4. The number of nitriles is 1. The molecule has 3 aromatic carbocycles. The number of benzene rings is 3. The van der Waals surface area contributed by atoms with E-state index < -0.39 is 22.6 Å². The average Bonchev–Trinajstić information content (AvgIpc) is 2.89. The summed E-state index contributed by atoms with van der Waals surface area (Å²) in [6.45, 7) is -1.26. The summed E-state index contributed by atoms with van der Waals surface area (Å²) in [7, 11) is -3.52. The van der Waals surface area contributed by atoms with Crippen molar-refractivity contribution in [3.05, 3.63) is 71.4 Å². The van der Waals surface area contributed by atoms with Crippen LogP contribution < -0.4 is 9.64 Å². The highest BCUT2D eigenvalue weighted by molar-refractivity contribution is 7.90. The Labute approximate surface area is 232 Å². The van der Waals surface area contributed by atoms with Crippen LogP contribution in [-0.4, -0.2) is 49.8 Å². The molecule has 39 heavy (non-hydrogen) atoms. The molecule has 0 aliphatic heterocycles. The van der Waals surface area contributed by atoms with E-state index in [1.807, 2.05) is 6.07 Å². The second-order valence-corrected chi connectivity index (χ2v) is 11.1. The van der Waals surface area contributed by atoms with Crippen molar-refractivity contribution >= 4 is 55.4 Å². The number of fused-ring (bicyclic) bond motifs is 1. The largest absolute Gasteiger partial charge is 0.489 e. The smallest absolute Gasteiger partial charge is 0.406 e. The number of aromatic nitrogens is 2. The van der Waals surface area contributed by atoms with Crippen LogP contribution in [0.3, 0.4) is 0 Å². The maximum atomic E-state index is 13.6. The van der Waals surface area contributed by atoms with E-state index in [1.54, 1.807) is 30.3 Å². The monoisotopic (exact) mass is 594 g/mol. The quantitative estimate of drug-likeness (QED) is 0.213. The van der Waals surface area contributed by atoms with Crippen LogP contribution in [0.25, 0.3) is 22.2 Å². The highest BCUT2D eigenvalue weighted by atomic mass is 35.5. The van der Waals surface area contributed by atoms with Gasteiger partial charge in [0.1, 0.15) is 19.2 Å². The lowest BCUT2D eigenvalue weighted by molar-refractivity contribution is -0.118. The summed E-state index contributed by atoms with van der Waals surface area (Å²) in [6, 6.07) is 15.8. The molecule has 0 N–H and O–H groups in total. The molecule has 1 heterocycles. The van der Waals surface area contributed by atoms with Gasteiger partial charge in [-0.2, -0.15) is 18.4 Å². The van der Waals surface area contributed by atoms with Gasteiger partial charge in [-0.1, -0.05) is 29.8 Å². The third-order valence-corrected chi connectivity index (χ3v) is 6.93. The van der Waals surface area contributed by atoms with Crippen LogP contribution in [0, 0.1) is 11.3 Å². The van der Waals surface area contributed by atoms with Crippen LogP contribution in [0.15, 0.2) is 65.8 Å². The first-order valence-corrected chi connectivity index (χ1v) is 14.0. The zero-order valence-corrected chi connectivity index (χ0v) is 22.5. The molecule has 13 heteroatoms. The van der Waals surface area contributed by atoms with Gasteiger partial charge in [0.05, 0.1) is 33.7 Å². The molecule has 0 radical (unpaired) electrons. The zero-order valence-electron chi connectivity index (χ0n) is 20.2. The maximum Gasteiger partial charge on any atom is 0.406 e. The van der Waals surface area contributed by atoms with Gasteiger partial charge < -0.3 is 9.64 Å². The molecule has 0 unspecified atom stereocenters. The van der Waals surface area contributed by atoms with E-state index in [0.717, 1.165) is 11.2 Å². The number of ether oxygens (including phenoxy) is 1. The Morgan fingerprint density at radius 1 is 1.03 bits per heavy atom. The van der Waals surface area contributed by atoms with E-state index >= 15 is 0 Å². The van der Waals surface area contributed by atoms with Gasteiger partial charge >= 0.3 is 6.18 Å². The molecule has 0 aliphatic carbocycles. The predicted molar refractivity (Wildman–Crippen MR) is 144 cm³/mol. The number of rotatable bonds is 8. The van der Waals surface area contributed by atoms with Crippen molar-refractivity contribution in [1.82, 2.24) is 9.97 Å². The minimum Gasteiger partial charge on any atom is -0.489 e. The molecule has 0 spiro atoms. The maximum absolute atomic E-state index is 13.6. The predicted octanol–water partition coefficient (Wildman–Crippen LogP) is 6.54. The molecule has 4 aromatic rings. The Morgan fingerprint density at radius 2 is 1.72 bits per heavy atom. The van der Waals surface area contributed by atoms with E-state index in [9.17, 15) is 26.9 Å². The van der Waals surface area contributed by atoms with Gasteiger partial charge in [-0.25, -0.2) is 13.4 Å². The molecule has 4 rings (SSSR count). The third kappa shape index (κ3) is 6.71. The fourth-order valence-corrected chi connectivity index (χ4v) is 4.66. The summed E-state index contributed by atoms with van der Waals surface area (Å²) < 4.78 is 69.6. The molecule has 0 saturated carbocycles. The van der Waals surface area contributed by atoms with Gasteiger partial charge in [-0.15, -0.1) is 11.6 Å². The molecule has 7 nitrogen and oxygen atoms in total. The molecule has 0 fully saturated rings. The van der Waals surface area contributed by atoms with Crippen molar-refractivity contribution in [2.24, 2.45) is 0 Å². The van der Waals surface area contributed by atoms with Crippen LogP contribution in [0.2, 0.25) is 5.02 Å². The lowest BCUT2D eigenvalue weighted by Crippen LogP contribution is -2.30. The summed E-state index contributed by atoms with van der Waals surface area (Å²) in [5, 5.41) is 9.38. The Bertz CT molecular complexity index is 1680. The molecule has 0 aliphatic rings. The van der Waals surface area contributed by atoms with Gasteiger partial charge in [0, 0.05) is 17.6 Å².